The van der Waals surface area contributed by atoms with Crippen LogP contribution in [0.2, 0.25) is 5.02 Å². The predicted molar refractivity (Wildman–Crippen MR) is 86.2 cm³/mol. The molecule has 2 aromatic carbocycles. The molecule has 2 heteroatoms. The van der Waals surface area contributed by atoms with Crippen molar-refractivity contribution in [2.75, 3.05) is 6.54 Å². The van der Waals surface area contributed by atoms with Gasteiger partial charge < -0.3 is 5.73 Å². The van der Waals surface area contributed by atoms with Gasteiger partial charge in [-0.1, -0.05) is 68.8 Å². The maximum Gasteiger partial charge on any atom is 0.0850 e. The molecule has 3 N–H and O–H groups in total. The summed E-state index contributed by atoms with van der Waals surface area (Å²) < 4.78 is 0. The number of quaternary nitrogens is 1. The first-order chi connectivity index (χ1) is 9.41. The molecule has 106 valence electrons. The zero-order valence-corrected chi connectivity index (χ0v) is 13.2. The molecule has 0 aliphatic heterocycles. The quantitative estimate of drug-likeness (QED) is 0.884. The van der Waals surface area contributed by atoms with Crippen LogP contribution in [0, 0.1) is 0 Å². The molecule has 0 saturated heterocycles. The predicted octanol–water partition coefficient (Wildman–Crippen LogP) is 4.01. The number of hydrogen-bond acceptors (Lipinski definition) is 0. The molecule has 0 saturated carbocycles. The molecule has 20 heavy (non-hydrogen) atoms. The Balaban J connectivity index is 2.30. The van der Waals surface area contributed by atoms with Gasteiger partial charge in [-0.15, -0.1) is 0 Å². The van der Waals surface area contributed by atoms with E-state index in [4.69, 9.17) is 11.6 Å². The largest absolute Gasteiger partial charge is 0.357 e. The lowest BCUT2D eigenvalue weighted by molar-refractivity contribution is -0.370. The van der Waals surface area contributed by atoms with Crippen LogP contribution in [0.15, 0.2) is 48.5 Å². The first-order valence-corrected chi connectivity index (χ1v) is 7.45. The summed E-state index contributed by atoms with van der Waals surface area (Å²) in [5, 5.41) is 0.777. The van der Waals surface area contributed by atoms with Crippen LogP contribution in [-0.2, 0) is 5.41 Å². The minimum absolute atomic E-state index is 0.193. The normalized spacial score (nSPS) is 13.2. The van der Waals surface area contributed by atoms with Crippen molar-refractivity contribution in [3.63, 3.8) is 0 Å². The van der Waals surface area contributed by atoms with E-state index >= 15 is 0 Å². The van der Waals surface area contributed by atoms with Gasteiger partial charge >= 0.3 is 0 Å². The van der Waals surface area contributed by atoms with E-state index in [1.54, 1.807) is 0 Å². The third-order valence-electron chi connectivity index (χ3n) is 3.74. The van der Waals surface area contributed by atoms with Crippen LogP contribution in [-0.4, -0.2) is 6.54 Å². The fraction of sp³-hybridized carbons (Fsp3) is 0.333. The molecule has 0 amide bonds. The Labute approximate surface area is 126 Å². The van der Waals surface area contributed by atoms with E-state index in [0.29, 0.717) is 5.92 Å². The summed E-state index contributed by atoms with van der Waals surface area (Å²) in [5.74, 6) is 0.335. The van der Waals surface area contributed by atoms with E-state index in [9.17, 15) is 0 Å². The summed E-state index contributed by atoms with van der Waals surface area (Å²) in [7, 11) is 0. The molecule has 1 nitrogen and oxygen atoms in total. The van der Waals surface area contributed by atoms with Crippen molar-refractivity contribution in [1.82, 2.24) is 0 Å². The lowest BCUT2D eigenvalue weighted by Gasteiger charge is -2.20. The summed E-state index contributed by atoms with van der Waals surface area (Å²) in [5.41, 5.74) is 8.24. The molecular formula is C18H23ClN+. The molecule has 0 unspecified atom stereocenters. The van der Waals surface area contributed by atoms with Crippen molar-refractivity contribution in [3.8, 4) is 0 Å². The highest BCUT2D eigenvalue weighted by Crippen LogP contribution is 2.28. The van der Waals surface area contributed by atoms with Gasteiger partial charge in [-0.2, -0.15) is 0 Å². The molecule has 0 radical (unpaired) electrons. The third-order valence-corrected chi connectivity index (χ3v) is 3.99. The van der Waals surface area contributed by atoms with Crippen LogP contribution in [0.5, 0.6) is 0 Å². The number of hydrogen-bond donors (Lipinski definition) is 1. The Kier molecular flexibility index (Phi) is 4.52. The van der Waals surface area contributed by atoms with Gasteiger partial charge in [0, 0.05) is 5.02 Å². The zero-order chi connectivity index (χ0) is 14.8. The maximum absolute atomic E-state index is 5.96. The molecule has 0 aromatic heterocycles. The Morgan fingerprint density at radius 1 is 0.900 bits per heavy atom. The number of halogens is 1. The van der Waals surface area contributed by atoms with E-state index in [1.165, 1.54) is 16.7 Å². The van der Waals surface area contributed by atoms with E-state index < -0.39 is 0 Å². The number of rotatable bonds is 3. The van der Waals surface area contributed by atoms with E-state index in [-0.39, 0.29) is 5.41 Å². The average Bonchev–Trinajstić information content (AvgIpc) is 2.41. The van der Waals surface area contributed by atoms with Crippen LogP contribution in [0.3, 0.4) is 0 Å². The maximum atomic E-state index is 5.96. The van der Waals surface area contributed by atoms with Crippen molar-refractivity contribution in [1.29, 1.82) is 0 Å². The minimum atomic E-state index is 0.193. The van der Waals surface area contributed by atoms with E-state index in [0.717, 1.165) is 11.6 Å². The molecule has 1 atom stereocenters. The smallest absolute Gasteiger partial charge is 0.0850 e. The Morgan fingerprint density at radius 3 is 1.75 bits per heavy atom. The lowest BCUT2D eigenvalue weighted by Crippen LogP contribution is -2.53. The summed E-state index contributed by atoms with van der Waals surface area (Å²) in [6, 6.07) is 17.0. The van der Waals surface area contributed by atoms with Gasteiger partial charge in [-0.25, -0.2) is 0 Å². The van der Waals surface area contributed by atoms with Gasteiger partial charge in [0.05, 0.1) is 12.5 Å². The Bertz CT molecular complexity index is 549. The molecule has 0 bridgehead atoms. The molecule has 0 fully saturated rings. The molecule has 2 rings (SSSR count). The van der Waals surface area contributed by atoms with Crippen LogP contribution >= 0.6 is 11.6 Å². The van der Waals surface area contributed by atoms with Crippen molar-refractivity contribution < 1.29 is 5.73 Å². The highest BCUT2D eigenvalue weighted by atomic mass is 35.5. The second-order valence-corrected chi connectivity index (χ2v) is 6.70. The van der Waals surface area contributed by atoms with Gasteiger partial charge in [0.25, 0.3) is 0 Å². The first-order valence-electron chi connectivity index (χ1n) is 7.07. The topological polar surface area (TPSA) is 27.6 Å². The summed E-state index contributed by atoms with van der Waals surface area (Å²) in [4.78, 5) is 0. The second-order valence-electron chi connectivity index (χ2n) is 6.26. The van der Waals surface area contributed by atoms with Gasteiger partial charge in [0.1, 0.15) is 0 Å². The highest BCUT2D eigenvalue weighted by Gasteiger charge is 2.17. The molecule has 0 aliphatic rings. The Morgan fingerprint density at radius 2 is 1.35 bits per heavy atom. The van der Waals surface area contributed by atoms with Crippen LogP contribution in [0.4, 0.5) is 0 Å². The average molecular weight is 289 g/mol. The van der Waals surface area contributed by atoms with Gasteiger partial charge in [0.2, 0.25) is 0 Å². The van der Waals surface area contributed by atoms with Crippen LogP contribution in [0.25, 0.3) is 0 Å². The zero-order valence-electron chi connectivity index (χ0n) is 12.5. The second kappa shape index (κ2) is 5.99. The van der Waals surface area contributed by atoms with Gasteiger partial charge in [-0.05, 0) is 34.2 Å². The summed E-state index contributed by atoms with van der Waals surface area (Å²) in [6.45, 7) is 7.55. The van der Waals surface area contributed by atoms with E-state index in [1.807, 2.05) is 12.1 Å². The van der Waals surface area contributed by atoms with Crippen molar-refractivity contribution in [3.05, 3.63) is 70.2 Å². The van der Waals surface area contributed by atoms with Crippen molar-refractivity contribution in [2.45, 2.75) is 32.1 Å². The van der Waals surface area contributed by atoms with Gasteiger partial charge in [-0.3, -0.25) is 0 Å². The van der Waals surface area contributed by atoms with Crippen LogP contribution in [0.1, 0.15) is 43.4 Å². The first kappa shape index (κ1) is 15.1. The molecular weight excluding hydrogens is 266 g/mol. The SMILES string of the molecule is CC(C)(C)c1ccc([C@H](C[NH3+])c2ccc(Cl)cc2)cc1. The summed E-state index contributed by atoms with van der Waals surface area (Å²) in [6.07, 6.45) is 0. The van der Waals surface area contributed by atoms with Crippen LogP contribution < -0.4 is 5.73 Å². The highest BCUT2D eigenvalue weighted by molar-refractivity contribution is 6.30. The molecule has 0 heterocycles. The molecule has 0 aliphatic carbocycles. The summed E-state index contributed by atoms with van der Waals surface area (Å²) >= 11 is 5.96. The van der Waals surface area contributed by atoms with Gasteiger partial charge in [0.15, 0.2) is 0 Å². The molecule has 2 aromatic rings. The van der Waals surface area contributed by atoms with E-state index in [2.05, 4.69) is 62.9 Å². The fourth-order valence-electron chi connectivity index (χ4n) is 2.44. The fourth-order valence-corrected chi connectivity index (χ4v) is 2.56. The number of benzene rings is 2. The third kappa shape index (κ3) is 3.41. The monoisotopic (exact) mass is 288 g/mol. The standard InChI is InChI=1S/C18H22ClN/c1-18(2,3)15-8-4-13(5-9-15)17(12-20)14-6-10-16(19)11-7-14/h4-11,17H,12,20H2,1-3H3/p+1/t17-/m0/s1. The lowest BCUT2D eigenvalue weighted by atomic mass is 9.84. The minimum Gasteiger partial charge on any atom is -0.357 e. The van der Waals surface area contributed by atoms with Crippen molar-refractivity contribution >= 4 is 11.6 Å². The van der Waals surface area contributed by atoms with Crippen molar-refractivity contribution in [2.24, 2.45) is 0 Å². The Hall–Kier alpha value is -1.31. The molecule has 0 spiro atoms.